The number of methoxy groups -OCH3 is 2. The summed E-state index contributed by atoms with van der Waals surface area (Å²) >= 11 is 6.04. The summed E-state index contributed by atoms with van der Waals surface area (Å²) in [5, 5.41) is 3.18. The summed E-state index contributed by atoms with van der Waals surface area (Å²) in [5.74, 6) is 0.826. The smallest absolute Gasteiger partial charge is 0.325 e. The molecule has 0 radical (unpaired) electrons. The second-order valence-electron chi connectivity index (χ2n) is 5.92. The van der Waals surface area contributed by atoms with Gasteiger partial charge in [0.2, 0.25) is 5.91 Å². The van der Waals surface area contributed by atoms with Gasteiger partial charge in [0.1, 0.15) is 6.54 Å². The lowest BCUT2D eigenvalue weighted by molar-refractivity contribution is -0.116. The van der Waals surface area contributed by atoms with Gasteiger partial charge in [-0.1, -0.05) is 23.7 Å². The van der Waals surface area contributed by atoms with Crippen molar-refractivity contribution in [3.8, 4) is 11.5 Å². The fourth-order valence-electron chi connectivity index (χ4n) is 2.89. The van der Waals surface area contributed by atoms with Crippen LogP contribution in [0.5, 0.6) is 11.5 Å². The fraction of sp³-hybridized carbons (Fsp3) is 0.263. The first-order valence-electron chi connectivity index (χ1n) is 8.36. The van der Waals surface area contributed by atoms with E-state index in [1.54, 1.807) is 61.6 Å². The number of para-hydroxylation sites is 1. The van der Waals surface area contributed by atoms with E-state index in [4.69, 9.17) is 21.1 Å². The molecule has 0 saturated carbocycles. The summed E-state index contributed by atoms with van der Waals surface area (Å²) in [5.41, 5.74) is 1.21. The number of carbonyl (C=O) groups excluding carboxylic acids is 2. The van der Waals surface area contributed by atoms with Crippen LogP contribution in [0.2, 0.25) is 5.02 Å². The van der Waals surface area contributed by atoms with Crippen molar-refractivity contribution in [2.45, 2.75) is 0 Å². The molecular formula is C19H20ClN3O4. The van der Waals surface area contributed by atoms with E-state index in [9.17, 15) is 9.59 Å². The molecule has 1 aliphatic heterocycles. The predicted molar refractivity (Wildman–Crippen MR) is 104 cm³/mol. The number of carbonyl (C=O) groups is 2. The van der Waals surface area contributed by atoms with Crippen LogP contribution >= 0.6 is 11.6 Å². The Kier molecular flexibility index (Phi) is 5.71. The molecule has 1 aliphatic rings. The zero-order chi connectivity index (χ0) is 19.4. The van der Waals surface area contributed by atoms with Crippen molar-refractivity contribution < 1.29 is 19.1 Å². The monoisotopic (exact) mass is 389 g/mol. The number of hydrogen-bond acceptors (Lipinski definition) is 4. The largest absolute Gasteiger partial charge is 0.493 e. The molecule has 2 aromatic carbocycles. The van der Waals surface area contributed by atoms with Gasteiger partial charge in [-0.05, 0) is 24.3 Å². The highest BCUT2D eigenvalue weighted by Crippen LogP contribution is 2.32. The van der Waals surface area contributed by atoms with E-state index in [0.29, 0.717) is 41.0 Å². The van der Waals surface area contributed by atoms with Gasteiger partial charge < -0.3 is 19.7 Å². The van der Waals surface area contributed by atoms with Crippen LogP contribution < -0.4 is 19.7 Å². The fourth-order valence-corrected chi connectivity index (χ4v) is 3.07. The van der Waals surface area contributed by atoms with Gasteiger partial charge >= 0.3 is 6.03 Å². The van der Waals surface area contributed by atoms with Crippen molar-refractivity contribution in [3.63, 3.8) is 0 Å². The van der Waals surface area contributed by atoms with Gasteiger partial charge in [-0.15, -0.1) is 0 Å². The summed E-state index contributed by atoms with van der Waals surface area (Å²) in [6.45, 7) is 0.880. The molecule has 0 spiro atoms. The van der Waals surface area contributed by atoms with Crippen molar-refractivity contribution in [2.24, 2.45) is 0 Å². The molecule has 142 valence electrons. The Morgan fingerprint density at radius 2 is 1.85 bits per heavy atom. The summed E-state index contributed by atoms with van der Waals surface area (Å²) < 4.78 is 10.5. The van der Waals surface area contributed by atoms with Crippen molar-refractivity contribution in [2.75, 3.05) is 44.1 Å². The summed E-state index contributed by atoms with van der Waals surface area (Å²) in [6, 6.07) is 12.0. The quantitative estimate of drug-likeness (QED) is 0.823. The Morgan fingerprint density at radius 3 is 2.56 bits per heavy atom. The van der Waals surface area contributed by atoms with E-state index in [-0.39, 0.29) is 18.5 Å². The first kappa shape index (κ1) is 18.8. The standard InChI is InChI=1S/C19H20ClN3O4/c1-26-16-8-7-13(11-17(16)27-2)23-10-9-22(19(23)25)12-18(24)21-15-6-4-3-5-14(15)20/h3-8,11H,9-10,12H2,1-2H3,(H,21,24). The maximum absolute atomic E-state index is 12.7. The van der Waals surface area contributed by atoms with Gasteiger partial charge in [0.25, 0.3) is 0 Å². The summed E-state index contributed by atoms with van der Waals surface area (Å²) in [7, 11) is 3.09. The third kappa shape index (κ3) is 4.09. The lowest BCUT2D eigenvalue weighted by atomic mass is 10.2. The predicted octanol–water partition coefficient (Wildman–Crippen LogP) is 3.24. The number of rotatable bonds is 6. The van der Waals surface area contributed by atoms with Crippen LogP contribution in [0.1, 0.15) is 0 Å². The number of nitrogens with one attached hydrogen (secondary N) is 1. The average molecular weight is 390 g/mol. The second kappa shape index (κ2) is 8.18. The van der Waals surface area contributed by atoms with Crippen molar-refractivity contribution in [1.29, 1.82) is 0 Å². The van der Waals surface area contributed by atoms with Gasteiger partial charge in [0.05, 0.1) is 24.9 Å². The zero-order valence-electron chi connectivity index (χ0n) is 15.1. The second-order valence-corrected chi connectivity index (χ2v) is 6.33. The lowest BCUT2D eigenvalue weighted by Crippen LogP contribution is -2.37. The third-order valence-electron chi connectivity index (χ3n) is 4.26. The Hall–Kier alpha value is -2.93. The lowest BCUT2D eigenvalue weighted by Gasteiger charge is -2.19. The van der Waals surface area contributed by atoms with Crippen LogP contribution in [0.3, 0.4) is 0 Å². The SMILES string of the molecule is COc1ccc(N2CCN(CC(=O)Nc3ccccc3Cl)C2=O)cc1OC. The van der Waals surface area contributed by atoms with Crippen LogP contribution in [0.15, 0.2) is 42.5 Å². The molecule has 1 heterocycles. The van der Waals surface area contributed by atoms with E-state index >= 15 is 0 Å². The van der Waals surface area contributed by atoms with Gasteiger partial charge in [0, 0.05) is 24.8 Å². The molecule has 27 heavy (non-hydrogen) atoms. The molecule has 3 rings (SSSR count). The Morgan fingerprint density at radius 1 is 1.11 bits per heavy atom. The number of halogens is 1. The van der Waals surface area contributed by atoms with E-state index in [2.05, 4.69) is 5.32 Å². The Bertz CT molecular complexity index is 859. The van der Waals surface area contributed by atoms with Crippen LogP contribution in [0.25, 0.3) is 0 Å². The molecule has 1 fully saturated rings. The normalized spacial score (nSPS) is 13.7. The number of hydrogen-bond donors (Lipinski definition) is 1. The molecule has 7 nitrogen and oxygen atoms in total. The zero-order valence-corrected chi connectivity index (χ0v) is 15.8. The van der Waals surface area contributed by atoms with Gasteiger partial charge in [0.15, 0.2) is 11.5 Å². The topological polar surface area (TPSA) is 71.1 Å². The number of benzene rings is 2. The molecule has 0 unspecified atom stereocenters. The van der Waals surface area contributed by atoms with Crippen LogP contribution in [-0.2, 0) is 4.79 Å². The highest BCUT2D eigenvalue weighted by molar-refractivity contribution is 6.33. The molecule has 0 aromatic heterocycles. The summed E-state index contributed by atoms with van der Waals surface area (Å²) in [6.07, 6.45) is 0. The number of amides is 3. The number of urea groups is 1. The number of ether oxygens (including phenoxy) is 2. The Balaban J connectivity index is 1.66. The maximum Gasteiger partial charge on any atom is 0.325 e. The van der Waals surface area contributed by atoms with E-state index < -0.39 is 0 Å². The molecule has 2 aromatic rings. The highest BCUT2D eigenvalue weighted by Gasteiger charge is 2.31. The van der Waals surface area contributed by atoms with E-state index in [1.807, 2.05) is 0 Å². The average Bonchev–Trinajstić information content (AvgIpc) is 3.03. The van der Waals surface area contributed by atoms with E-state index in [0.717, 1.165) is 0 Å². The molecule has 1 N–H and O–H groups in total. The summed E-state index contributed by atoms with van der Waals surface area (Å²) in [4.78, 5) is 28.1. The van der Waals surface area contributed by atoms with Crippen LogP contribution in [0, 0.1) is 0 Å². The minimum atomic E-state index is -0.300. The third-order valence-corrected chi connectivity index (χ3v) is 4.59. The van der Waals surface area contributed by atoms with Crippen molar-refractivity contribution in [1.82, 2.24) is 4.90 Å². The van der Waals surface area contributed by atoms with Gasteiger partial charge in [-0.25, -0.2) is 4.79 Å². The minimum Gasteiger partial charge on any atom is -0.493 e. The number of nitrogens with zero attached hydrogens (tertiary/aromatic N) is 2. The van der Waals surface area contributed by atoms with Crippen LogP contribution in [0.4, 0.5) is 16.2 Å². The number of anilines is 2. The molecule has 0 atom stereocenters. The molecular weight excluding hydrogens is 370 g/mol. The van der Waals surface area contributed by atoms with Crippen molar-refractivity contribution >= 4 is 34.9 Å². The highest BCUT2D eigenvalue weighted by atomic mass is 35.5. The Labute approximate surface area is 162 Å². The molecule has 3 amide bonds. The van der Waals surface area contributed by atoms with Gasteiger partial charge in [-0.3, -0.25) is 9.69 Å². The minimum absolute atomic E-state index is 0.0478. The van der Waals surface area contributed by atoms with Crippen LogP contribution in [-0.4, -0.2) is 50.7 Å². The van der Waals surface area contributed by atoms with Gasteiger partial charge in [-0.2, -0.15) is 0 Å². The molecule has 0 bridgehead atoms. The maximum atomic E-state index is 12.7. The van der Waals surface area contributed by atoms with Crippen molar-refractivity contribution in [3.05, 3.63) is 47.5 Å². The first-order valence-corrected chi connectivity index (χ1v) is 8.74. The molecule has 0 aliphatic carbocycles. The van der Waals surface area contributed by atoms with E-state index in [1.165, 1.54) is 4.90 Å². The first-order chi connectivity index (χ1) is 13.0. The molecule has 8 heteroatoms. The molecule has 1 saturated heterocycles.